The van der Waals surface area contributed by atoms with Crippen LogP contribution in [0.5, 0.6) is 23.0 Å². The maximum atomic E-state index is 13.0. The van der Waals surface area contributed by atoms with Gasteiger partial charge in [-0.2, -0.15) is 0 Å². The molecule has 0 aliphatic carbocycles. The molecule has 0 radical (unpaired) electrons. The van der Waals surface area contributed by atoms with Gasteiger partial charge in [-0.3, -0.25) is 4.79 Å². The summed E-state index contributed by atoms with van der Waals surface area (Å²) in [5.74, 6) is 1.61. The quantitative estimate of drug-likeness (QED) is 0.249. The number of anilines is 1. The number of pyridine rings is 1. The highest BCUT2D eigenvalue weighted by atomic mass is 32.2. The van der Waals surface area contributed by atoms with Crippen molar-refractivity contribution in [2.75, 3.05) is 39.5 Å². The predicted molar refractivity (Wildman–Crippen MR) is 146 cm³/mol. The molecule has 0 bridgehead atoms. The highest BCUT2D eigenvalue weighted by Crippen LogP contribution is 2.34. The number of sulfone groups is 1. The van der Waals surface area contributed by atoms with Crippen LogP contribution in [0.15, 0.2) is 60.8 Å². The SMILES string of the molecule is COc1cc(OC)c(CCS(=O)(=O)Cc2ccc(OC)c(N/C=C\C(=O)c3ccc(C)cc3)n2)c(OC)c1. The molecule has 0 aliphatic rings. The van der Waals surface area contributed by atoms with E-state index in [2.05, 4.69) is 10.3 Å². The summed E-state index contributed by atoms with van der Waals surface area (Å²) in [7, 11) is 2.47. The molecule has 2 aromatic carbocycles. The van der Waals surface area contributed by atoms with Crippen molar-refractivity contribution >= 4 is 21.4 Å². The van der Waals surface area contributed by atoms with Crippen LogP contribution in [-0.2, 0) is 22.0 Å². The maximum absolute atomic E-state index is 13.0. The van der Waals surface area contributed by atoms with Crippen LogP contribution in [0, 0.1) is 6.92 Å². The molecule has 0 amide bonds. The van der Waals surface area contributed by atoms with Gasteiger partial charge in [-0.25, -0.2) is 13.4 Å². The van der Waals surface area contributed by atoms with Crippen molar-refractivity contribution in [3.8, 4) is 23.0 Å². The zero-order valence-corrected chi connectivity index (χ0v) is 22.9. The maximum Gasteiger partial charge on any atom is 0.187 e. The topological polar surface area (TPSA) is 113 Å². The summed E-state index contributed by atoms with van der Waals surface area (Å²) >= 11 is 0. The van der Waals surface area contributed by atoms with Crippen LogP contribution in [0.25, 0.3) is 0 Å². The van der Waals surface area contributed by atoms with Gasteiger partial charge in [0.25, 0.3) is 0 Å². The molecule has 1 aromatic heterocycles. The lowest BCUT2D eigenvalue weighted by Gasteiger charge is -2.15. The fraction of sp³-hybridized carbons (Fsp3) is 0.286. The summed E-state index contributed by atoms with van der Waals surface area (Å²) in [5.41, 5.74) is 2.58. The Kier molecular flexibility index (Phi) is 9.72. The molecule has 9 nitrogen and oxygen atoms in total. The van der Waals surface area contributed by atoms with E-state index in [1.54, 1.807) is 36.4 Å². The van der Waals surface area contributed by atoms with Crippen molar-refractivity contribution in [2.24, 2.45) is 0 Å². The number of benzene rings is 2. The number of carbonyl (C=O) groups is 1. The molecule has 1 N–H and O–H groups in total. The van der Waals surface area contributed by atoms with Crippen LogP contribution in [0.4, 0.5) is 5.82 Å². The zero-order chi connectivity index (χ0) is 27.7. The normalized spacial score (nSPS) is 11.3. The summed E-state index contributed by atoms with van der Waals surface area (Å²) in [6, 6.07) is 13.8. The third-order valence-electron chi connectivity index (χ3n) is 5.77. The van der Waals surface area contributed by atoms with Gasteiger partial charge in [-0.15, -0.1) is 0 Å². The number of carbonyl (C=O) groups excluding carboxylic acids is 1. The number of hydrogen-bond acceptors (Lipinski definition) is 9. The molecular weight excluding hydrogens is 508 g/mol. The van der Waals surface area contributed by atoms with E-state index in [4.69, 9.17) is 18.9 Å². The Morgan fingerprint density at radius 1 is 0.895 bits per heavy atom. The first-order chi connectivity index (χ1) is 18.2. The van der Waals surface area contributed by atoms with E-state index >= 15 is 0 Å². The second-order valence-corrected chi connectivity index (χ2v) is 10.6. The highest BCUT2D eigenvalue weighted by Gasteiger charge is 2.19. The lowest BCUT2D eigenvalue weighted by molar-refractivity contribution is 0.104. The fourth-order valence-electron chi connectivity index (χ4n) is 3.72. The summed E-state index contributed by atoms with van der Waals surface area (Å²) in [6.07, 6.45) is 3.02. The number of methoxy groups -OCH3 is 4. The smallest absolute Gasteiger partial charge is 0.187 e. The van der Waals surface area contributed by atoms with Crippen LogP contribution in [-0.4, -0.2) is 53.4 Å². The average molecular weight is 541 g/mol. The predicted octanol–water partition coefficient (Wildman–Crippen LogP) is 4.39. The molecule has 3 aromatic rings. The Balaban J connectivity index is 1.72. The van der Waals surface area contributed by atoms with Crippen molar-refractivity contribution in [3.05, 3.63) is 83.2 Å². The first-order valence-corrected chi connectivity index (χ1v) is 13.6. The Bertz CT molecular complexity index is 1380. The Labute approximate surface area is 223 Å². The molecule has 0 atom stereocenters. The van der Waals surface area contributed by atoms with Gasteiger partial charge in [0.1, 0.15) is 17.2 Å². The first-order valence-electron chi connectivity index (χ1n) is 11.8. The van der Waals surface area contributed by atoms with Crippen molar-refractivity contribution in [2.45, 2.75) is 19.1 Å². The number of aromatic nitrogens is 1. The summed E-state index contributed by atoms with van der Waals surface area (Å²) in [6.45, 7) is 1.95. The Morgan fingerprint density at radius 3 is 2.11 bits per heavy atom. The van der Waals surface area contributed by atoms with Gasteiger partial charge in [0.05, 0.1) is 45.6 Å². The Morgan fingerprint density at radius 2 is 1.53 bits per heavy atom. The number of nitrogens with zero attached hydrogens (tertiary/aromatic N) is 1. The number of nitrogens with one attached hydrogen (secondary N) is 1. The van der Waals surface area contributed by atoms with E-state index < -0.39 is 9.84 Å². The van der Waals surface area contributed by atoms with Gasteiger partial charge in [-0.05, 0) is 25.5 Å². The van der Waals surface area contributed by atoms with Crippen molar-refractivity contribution in [3.63, 3.8) is 0 Å². The van der Waals surface area contributed by atoms with Gasteiger partial charge < -0.3 is 24.3 Å². The number of hydrogen-bond donors (Lipinski definition) is 1. The lowest BCUT2D eigenvalue weighted by atomic mass is 10.1. The lowest BCUT2D eigenvalue weighted by Crippen LogP contribution is -2.14. The molecule has 0 fully saturated rings. The number of rotatable bonds is 13. The molecule has 0 unspecified atom stereocenters. The number of aryl methyl sites for hydroxylation is 1. The van der Waals surface area contributed by atoms with E-state index in [-0.39, 0.29) is 23.7 Å². The third-order valence-corrected chi connectivity index (χ3v) is 7.34. The number of ketones is 1. The minimum Gasteiger partial charge on any atom is -0.496 e. The van der Waals surface area contributed by atoms with Gasteiger partial charge >= 0.3 is 0 Å². The largest absolute Gasteiger partial charge is 0.496 e. The molecule has 0 saturated carbocycles. The molecule has 0 saturated heterocycles. The summed E-state index contributed by atoms with van der Waals surface area (Å²) in [5, 5.41) is 2.92. The van der Waals surface area contributed by atoms with Crippen molar-refractivity contribution < 1.29 is 32.2 Å². The number of ether oxygens (including phenoxy) is 4. The van der Waals surface area contributed by atoms with E-state index in [1.165, 1.54) is 40.7 Å². The standard InChI is InChI=1S/C28H32N2O7S/c1-19-6-8-20(9-7-19)24(31)12-14-29-28-25(35-3)11-10-21(30-28)18-38(32,33)15-13-23-26(36-4)16-22(34-2)17-27(23)37-5/h6-12,14,16-17H,13,15,18H2,1-5H3,(H,29,30)/b14-12-. The zero-order valence-electron chi connectivity index (χ0n) is 22.1. The second kappa shape index (κ2) is 13.0. The van der Waals surface area contributed by atoms with Crippen LogP contribution in [0.2, 0.25) is 0 Å². The minimum absolute atomic E-state index is 0.145. The van der Waals surface area contributed by atoms with Crippen LogP contribution < -0.4 is 24.3 Å². The molecule has 0 spiro atoms. The molecule has 10 heteroatoms. The van der Waals surface area contributed by atoms with Gasteiger partial charge in [0, 0.05) is 35.5 Å². The fourth-order valence-corrected chi connectivity index (χ4v) is 5.00. The second-order valence-electron chi connectivity index (χ2n) is 8.41. The summed E-state index contributed by atoms with van der Waals surface area (Å²) < 4.78 is 47.4. The third kappa shape index (κ3) is 7.48. The van der Waals surface area contributed by atoms with E-state index in [9.17, 15) is 13.2 Å². The first kappa shape index (κ1) is 28.5. The van der Waals surface area contributed by atoms with Gasteiger partial charge in [0.2, 0.25) is 0 Å². The highest BCUT2D eigenvalue weighted by molar-refractivity contribution is 7.90. The van der Waals surface area contributed by atoms with Crippen LogP contribution in [0.1, 0.15) is 27.2 Å². The van der Waals surface area contributed by atoms with E-state index in [0.717, 1.165) is 5.56 Å². The molecule has 0 aliphatic heterocycles. The van der Waals surface area contributed by atoms with Gasteiger partial charge in [-0.1, -0.05) is 29.8 Å². The van der Waals surface area contributed by atoms with E-state index in [0.29, 0.717) is 45.6 Å². The van der Waals surface area contributed by atoms with Gasteiger partial charge in [0.15, 0.2) is 27.2 Å². The van der Waals surface area contributed by atoms with Crippen LogP contribution in [0.3, 0.4) is 0 Å². The monoisotopic (exact) mass is 540 g/mol. The van der Waals surface area contributed by atoms with E-state index in [1.807, 2.05) is 19.1 Å². The average Bonchev–Trinajstić information content (AvgIpc) is 2.91. The molecular formula is C28H32N2O7S. The van der Waals surface area contributed by atoms with Crippen molar-refractivity contribution in [1.82, 2.24) is 4.98 Å². The number of allylic oxidation sites excluding steroid dienone is 1. The van der Waals surface area contributed by atoms with Crippen LogP contribution >= 0.6 is 0 Å². The van der Waals surface area contributed by atoms with Crippen molar-refractivity contribution in [1.29, 1.82) is 0 Å². The minimum atomic E-state index is -3.55. The molecule has 1 heterocycles. The Hall–Kier alpha value is -4.05. The molecule has 202 valence electrons. The molecule has 3 rings (SSSR count). The molecule has 38 heavy (non-hydrogen) atoms. The summed E-state index contributed by atoms with van der Waals surface area (Å²) in [4.78, 5) is 16.8.